The van der Waals surface area contributed by atoms with Crippen LogP contribution in [0, 0.1) is 0 Å². The monoisotopic (exact) mass is 341 g/mol. The van der Waals surface area contributed by atoms with Crippen LogP contribution >= 0.6 is 11.6 Å². The van der Waals surface area contributed by atoms with Gasteiger partial charge in [0.15, 0.2) is 0 Å². The molecule has 0 spiro atoms. The first-order valence-corrected chi connectivity index (χ1v) is 8.84. The highest BCUT2D eigenvalue weighted by atomic mass is 35.5. The second kappa shape index (κ2) is 6.44. The summed E-state index contributed by atoms with van der Waals surface area (Å²) in [6.45, 7) is 0. The van der Waals surface area contributed by atoms with E-state index in [1.165, 1.54) is 0 Å². The van der Waals surface area contributed by atoms with Crippen molar-refractivity contribution in [2.45, 2.75) is 43.8 Å². The summed E-state index contributed by atoms with van der Waals surface area (Å²) >= 11 is 6.15. The van der Waals surface area contributed by atoms with Crippen LogP contribution in [0.1, 0.15) is 37.3 Å². The third kappa shape index (κ3) is 2.86. The van der Waals surface area contributed by atoms with Crippen molar-refractivity contribution in [1.82, 2.24) is 14.7 Å². The topological polar surface area (TPSA) is 38.1 Å². The first-order valence-electron chi connectivity index (χ1n) is 8.46. The van der Waals surface area contributed by atoms with Gasteiger partial charge in [-0.1, -0.05) is 29.8 Å². The van der Waals surface area contributed by atoms with Gasteiger partial charge in [0.05, 0.1) is 6.04 Å². The van der Waals surface area contributed by atoms with E-state index in [2.05, 4.69) is 10.00 Å². The number of halogens is 1. The number of nitrogens with zero attached hydrogens (tertiary/aromatic N) is 3. The Hall–Kier alpha value is -2.07. The standard InChI is InChI=1S/C19H20ClN3O/c20-18-5-2-1-4-14(18)6-9-19(24)23-15-7-8-16(23)13-17(12-15)22-11-3-10-21-22/h1-6,9-11,15-17H,7-8,12-13H2/b9-6+. The fourth-order valence-electron chi connectivity index (χ4n) is 4.08. The van der Waals surface area contributed by atoms with Crippen LogP contribution < -0.4 is 0 Å². The Morgan fingerprint density at radius 1 is 1.12 bits per heavy atom. The molecule has 24 heavy (non-hydrogen) atoms. The number of carbonyl (C=O) groups excluding carboxylic acids is 1. The molecule has 2 aliphatic heterocycles. The third-order valence-electron chi connectivity index (χ3n) is 5.17. The number of amides is 1. The summed E-state index contributed by atoms with van der Waals surface area (Å²) in [5, 5.41) is 5.05. The number of aromatic nitrogens is 2. The average molecular weight is 342 g/mol. The molecule has 2 saturated heterocycles. The zero-order valence-electron chi connectivity index (χ0n) is 13.4. The first kappa shape index (κ1) is 15.5. The van der Waals surface area contributed by atoms with Crippen LogP contribution in [0.4, 0.5) is 0 Å². The van der Waals surface area contributed by atoms with Crippen molar-refractivity contribution in [3.8, 4) is 0 Å². The molecule has 0 aliphatic carbocycles. The molecule has 4 nitrogen and oxygen atoms in total. The first-order chi connectivity index (χ1) is 11.7. The van der Waals surface area contributed by atoms with Crippen LogP contribution in [0.5, 0.6) is 0 Å². The van der Waals surface area contributed by atoms with Gasteiger partial charge in [0.2, 0.25) is 5.91 Å². The van der Waals surface area contributed by atoms with Gasteiger partial charge < -0.3 is 4.90 Å². The average Bonchev–Trinajstić information content (AvgIpc) is 3.21. The number of benzene rings is 1. The highest BCUT2D eigenvalue weighted by Gasteiger charge is 2.43. The summed E-state index contributed by atoms with van der Waals surface area (Å²) in [5.41, 5.74) is 0.881. The SMILES string of the molecule is O=C(/C=C/c1ccccc1Cl)N1C2CCC1CC(n1cccn1)C2. The highest BCUT2D eigenvalue weighted by molar-refractivity contribution is 6.32. The maximum Gasteiger partial charge on any atom is 0.247 e. The molecule has 0 N–H and O–H groups in total. The van der Waals surface area contributed by atoms with Gasteiger partial charge in [-0.25, -0.2) is 0 Å². The predicted molar refractivity (Wildman–Crippen MR) is 94.6 cm³/mol. The highest BCUT2D eigenvalue weighted by Crippen LogP contribution is 2.40. The number of piperidine rings is 1. The van der Waals surface area contributed by atoms with Gasteiger partial charge in [0, 0.05) is 35.6 Å². The van der Waals surface area contributed by atoms with E-state index in [9.17, 15) is 4.79 Å². The van der Waals surface area contributed by atoms with Crippen LogP contribution in [-0.4, -0.2) is 32.7 Å². The van der Waals surface area contributed by atoms with Gasteiger partial charge in [-0.15, -0.1) is 0 Å². The molecule has 0 radical (unpaired) electrons. The molecular formula is C19H20ClN3O. The van der Waals surface area contributed by atoms with E-state index in [1.54, 1.807) is 6.08 Å². The van der Waals surface area contributed by atoms with E-state index >= 15 is 0 Å². The number of rotatable bonds is 3. The zero-order chi connectivity index (χ0) is 16.5. The van der Waals surface area contributed by atoms with Crippen LogP contribution in [-0.2, 0) is 4.79 Å². The molecule has 2 unspecified atom stereocenters. The van der Waals surface area contributed by atoms with Crippen molar-refractivity contribution in [3.63, 3.8) is 0 Å². The van der Waals surface area contributed by atoms with Crippen molar-refractivity contribution in [2.24, 2.45) is 0 Å². The van der Waals surface area contributed by atoms with Crippen molar-refractivity contribution < 1.29 is 4.79 Å². The molecule has 5 heteroatoms. The second-order valence-corrected chi connectivity index (χ2v) is 7.00. The van der Waals surface area contributed by atoms with Crippen molar-refractivity contribution in [1.29, 1.82) is 0 Å². The molecule has 3 heterocycles. The minimum atomic E-state index is 0.0985. The summed E-state index contributed by atoms with van der Waals surface area (Å²) in [7, 11) is 0. The predicted octanol–water partition coefficient (Wildman–Crippen LogP) is 3.94. The Labute approximate surface area is 146 Å². The summed E-state index contributed by atoms with van der Waals surface area (Å²) < 4.78 is 2.05. The Balaban J connectivity index is 1.47. The largest absolute Gasteiger partial charge is 0.333 e. The second-order valence-electron chi connectivity index (χ2n) is 6.60. The molecule has 1 aromatic heterocycles. The normalized spacial score (nSPS) is 26.2. The molecule has 124 valence electrons. The summed E-state index contributed by atoms with van der Waals surface area (Å²) in [5.74, 6) is 0.0985. The number of fused-ring (bicyclic) bond motifs is 2. The molecule has 2 aromatic rings. The lowest BCUT2D eigenvalue weighted by Crippen LogP contribution is -2.46. The van der Waals surface area contributed by atoms with Gasteiger partial charge in [0.25, 0.3) is 0 Å². The van der Waals surface area contributed by atoms with E-state index in [0.29, 0.717) is 23.1 Å². The fraction of sp³-hybridized carbons (Fsp3) is 0.368. The lowest BCUT2D eigenvalue weighted by Gasteiger charge is -2.38. The molecule has 1 aromatic carbocycles. The maximum atomic E-state index is 12.7. The van der Waals surface area contributed by atoms with Crippen LogP contribution in [0.15, 0.2) is 48.8 Å². The lowest BCUT2D eigenvalue weighted by molar-refractivity contribution is -0.130. The van der Waals surface area contributed by atoms with Crippen LogP contribution in [0.25, 0.3) is 6.08 Å². The Kier molecular flexibility index (Phi) is 4.15. The van der Waals surface area contributed by atoms with E-state index in [1.807, 2.05) is 53.5 Å². The molecule has 2 fully saturated rings. The van der Waals surface area contributed by atoms with Gasteiger partial charge >= 0.3 is 0 Å². The summed E-state index contributed by atoms with van der Waals surface area (Å²) in [6.07, 6.45) is 11.5. The van der Waals surface area contributed by atoms with E-state index in [4.69, 9.17) is 11.6 Å². The maximum absolute atomic E-state index is 12.7. The lowest BCUT2D eigenvalue weighted by atomic mass is 9.97. The Morgan fingerprint density at radius 3 is 2.54 bits per heavy atom. The molecule has 2 bridgehead atoms. The fourth-order valence-corrected chi connectivity index (χ4v) is 4.28. The molecule has 0 saturated carbocycles. The summed E-state index contributed by atoms with van der Waals surface area (Å²) in [4.78, 5) is 14.8. The minimum Gasteiger partial charge on any atom is -0.333 e. The summed E-state index contributed by atoms with van der Waals surface area (Å²) in [6, 6.07) is 10.6. The smallest absolute Gasteiger partial charge is 0.247 e. The molecule has 4 rings (SSSR count). The van der Waals surface area contributed by atoms with Gasteiger partial charge in [-0.2, -0.15) is 5.10 Å². The van der Waals surface area contributed by atoms with Crippen LogP contribution in [0.2, 0.25) is 5.02 Å². The molecular weight excluding hydrogens is 322 g/mol. The van der Waals surface area contributed by atoms with Gasteiger partial charge in [-0.05, 0) is 49.5 Å². The van der Waals surface area contributed by atoms with Gasteiger partial charge in [-0.3, -0.25) is 9.48 Å². The molecule has 2 aliphatic rings. The van der Waals surface area contributed by atoms with Crippen molar-refractivity contribution >= 4 is 23.6 Å². The van der Waals surface area contributed by atoms with E-state index in [-0.39, 0.29) is 5.91 Å². The van der Waals surface area contributed by atoms with Gasteiger partial charge in [0.1, 0.15) is 0 Å². The number of carbonyl (C=O) groups is 1. The quantitative estimate of drug-likeness (QED) is 0.793. The minimum absolute atomic E-state index is 0.0985. The zero-order valence-corrected chi connectivity index (χ0v) is 14.1. The van der Waals surface area contributed by atoms with E-state index in [0.717, 1.165) is 31.2 Å². The number of hydrogen-bond donors (Lipinski definition) is 0. The Morgan fingerprint density at radius 2 is 1.88 bits per heavy atom. The molecule has 2 atom stereocenters. The van der Waals surface area contributed by atoms with Crippen LogP contribution in [0.3, 0.4) is 0 Å². The number of hydrogen-bond acceptors (Lipinski definition) is 2. The van der Waals surface area contributed by atoms with Crippen molar-refractivity contribution in [2.75, 3.05) is 0 Å². The van der Waals surface area contributed by atoms with Crippen molar-refractivity contribution in [3.05, 3.63) is 59.4 Å². The van der Waals surface area contributed by atoms with E-state index < -0.39 is 0 Å². The Bertz CT molecular complexity index is 742. The molecule has 1 amide bonds. The third-order valence-corrected chi connectivity index (χ3v) is 5.52.